The normalized spacial score (nSPS) is 24.2. The second kappa shape index (κ2) is 10.2. The number of carbonyl (C=O) groups is 1. The zero-order valence-corrected chi connectivity index (χ0v) is 21.8. The minimum absolute atomic E-state index is 0.138. The molecule has 2 saturated heterocycles. The molecule has 1 aliphatic carbocycles. The summed E-state index contributed by atoms with van der Waals surface area (Å²) >= 11 is 6.16. The molecule has 3 aliphatic rings. The van der Waals surface area contributed by atoms with Gasteiger partial charge in [-0.15, -0.1) is 0 Å². The van der Waals surface area contributed by atoms with Crippen LogP contribution in [-0.4, -0.2) is 47.5 Å². The number of hydrogen-bond donors (Lipinski definition) is 1. The van der Waals surface area contributed by atoms with E-state index in [-0.39, 0.29) is 17.9 Å². The van der Waals surface area contributed by atoms with Crippen molar-refractivity contribution in [2.75, 3.05) is 26.2 Å². The van der Waals surface area contributed by atoms with Crippen molar-refractivity contribution in [1.29, 1.82) is 0 Å². The zero-order chi connectivity index (χ0) is 24.6. The van der Waals surface area contributed by atoms with Gasteiger partial charge >= 0.3 is 0 Å². The molecule has 1 aromatic heterocycles. The smallest absolute Gasteiger partial charge is 0.182 e. The number of likely N-dealkylation sites (tertiary alicyclic amines) is 1. The number of nitrogens with one attached hydrogen (secondary N) is 1. The Morgan fingerprint density at radius 3 is 2.47 bits per heavy atom. The Kier molecular flexibility index (Phi) is 6.80. The van der Waals surface area contributed by atoms with Gasteiger partial charge < -0.3 is 14.6 Å². The fourth-order valence-electron chi connectivity index (χ4n) is 6.46. The summed E-state index contributed by atoms with van der Waals surface area (Å²) in [5.41, 5.74) is 3.11. The quantitative estimate of drug-likeness (QED) is 0.455. The van der Waals surface area contributed by atoms with Gasteiger partial charge in [0, 0.05) is 28.9 Å². The van der Waals surface area contributed by atoms with E-state index in [1.165, 1.54) is 0 Å². The van der Waals surface area contributed by atoms with Crippen LogP contribution in [0.2, 0.25) is 5.02 Å². The summed E-state index contributed by atoms with van der Waals surface area (Å²) in [6.07, 6.45) is 5.12. The van der Waals surface area contributed by atoms with Crippen LogP contribution in [0.3, 0.4) is 0 Å². The Labute approximate surface area is 218 Å². The molecule has 0 bridgehead atoms. The van der Waals surface area contributed by atoms with Crippen molar-refractivity contribution in [3.05, 3.63) is 64.8 Å². The Hall–Kier alpha value is -2.34. The van der Waals surface area contributed by atoms with Crippen LogP contribution in [0, 0.1) is 11.8 Å². The molecule has 0 amide bonds. The van der Waals surface area contributed by atoms with Crippen LogP contribution < -0.4 is 10.1 Å². The second-order valence-corrected chi connectivity index (χ2v) is 11.4. The SMILES string of the molecule is CC1CCN([C@@H]2C[C@@H](Oc3ccc(Cl)cc3)c3c(c4ccccc4n3CC3CCNCC3)C2=O)CC1. The highest BCUT2D eigenvalue weighted by Crippen LogP contribution is 2.42. The number of carbonyl (C=O) groups excluding carboxylic acids is 1. The number of nitrogens with zero attached hydrogens (tertiary/aromatic N) is 2. The first-order valence-electron chi connectivity index (χ1n) is 13.6. The van der Waals surface area contributed by atoms with E-state index in [0.29, 0.717) is 17.4 Å². The first kappa shape index (κ1) is 24.0. The minimum Gasteiger partial charge on any atom is -0.484 e. The van der Waals surface area contributed by atoms with Gasteiger partial charge in [0.15, 0.2) is 5.78 Å². The van der Waals surface area contributed by atoms with Crippen molar-refractivity contribution in [2.45, 2.75) is 57.7 Å². The minimum atomic E-state index is -0.183. The topological polar surface area (TPSA) is 46.5 Å². The third-order valence-electron chi connectivity index (χ3n) is 8.55. The van der Waals surface area contributed by atoms with E-state index < -0.39 is 0 Å². The number of fused-ring (bicyclic) bond motifs is 3. The number of benzene rings is 2. The van der Waals surface area contributed by atoms with Crippen LogP contribution in [0.1, 0.15) is 61.2 Å². The Bertz CT molecular complexity index is 1220. The van der Waals surface area contributed by atoms with Gasteiger partial charge in [0.05, 0.1) is 17.3 Å². The number of ether oxygens (including phenoxy) is 1. The first-order valence-corrected chi connectivity index (χ1v) is 14.0. The Balaban J connectivity index is 1.44. The van der Waals surface area contributed by atoms with Crippen molar-refractivity contribution < 1.29 is 9.53 Å². The average Bonchev–Trinajstić information content (AvgIpc) is 3.23. The van der Waals surface area contributed by atoms with Crippen molar-refractivity contribution >= 4 is 28.3 Å². The van der Waals surface area contributed by atoms with Crippen molar-refractivity contribution in [3.8, 4) is 5.75 Å². The Morgan fingerprint density at radius 2 is 1.72 bits per heavy atom. The third-order valence-corrected chi connectivity index (χ3v) is 8.80. The molecular formula is C30H36ClN3O2. The van der Waals surface area contributed by atoms with E-state index in [1.54, 1.807) is 0 Å². The van der Waals surface area contributed by atoms with Crippen LogP contribution in [0.15, 0.2) is 48.5 Å². The molecule has 0 spiro atoms. The average molecular weight is 506 g/mol. The largest absolute Gasteiger partial charge is 0.484 e. The molecule has 2 atom stereocenters. The molecule has 36 heavy (non-hydrogen) atoms. The molecule has 6 rings (SSSR count). The molecule has 2 aromatic carbocycles. The summed E-state index contributed by atoms with van der Waals surface area (Å²) in [5.74, 6) is 2.40. The van der Waals surface area contributed by atoms with Gasteiger partial charge in [-0.2, -0.15) is 0 Å². The maximum absolute atomic E-state index is 14.2. The predicted octanol–water partition coefficient (Wildman–Crippen LogP) is 6.10. The number of rotatable bonds is 5. The van der Waals surface area contributed by atoms with Gasteiger partial charge in [0.2, 0.25) is 0 Å². The maximum Gasteiger partial charge on any atom is 0.182 e. The van der Waals surface area contributed by atoms with Crippen LogP contribution in [0.5, 0.6) is 5.75 Å². The number of aromatic nitrogens is 1. The lowest BCUT2D eigenvalue weighted by Gasteiger charge is -2.40. The summed E-state index contributed by atoms with van der Waals surface area (Å²) in [7, 11) is 0. The Morgan fingerprint density at radius 1 is 1.00 bits per heavy atom. The van der Waals surface area contributed by atoms with E-state index in [9.17, 15) is 4.79 Å². The van der Waals surface area contributed by atoms with E-state index in [0.717, 1.165) is 92.2 Å². The van der Waals surface area contributed by atoms with Crippen LogP contribution in [0.25, 0.3) is 10.9 Å². The first-order chi connectivity index (χ1) is 17.6. The lowest BCUT2D eigenvalue weighted by Crippen LogP contribution is -2.49. The highest BCUT2D eigenvalue weighted by atomic mass is 35.5. The number of ketones is 1. The molecule has 0 radical (unpaired) electrons. The molecule has 3 heterocycles. The van der Waals surface area contributed by atoms with E-state index >= 15 is 0 Å². The van der Waals surface area contributed by atoms with Crippen molar-refractivity contribution in [3.63, 3.8) is 0 Å². The second-order valence-electron chi connectivity index (χ2n) is 11.0. The lowest BCUT2D eigenvalue weighted by molar-refractivity contribution is 0.0546. The molecule has 3 aromatic rings. The van der Waals surface area contributed by atoms with Gasteiger partial charge in [0.1, 0.15) is 11.9 Å². The monoisotopic (exact) mass is 505 g/mol. The fourth-order valence-corrected chi connectivity index (χ4v) is 6.59. The predicted molar refractivity (Wildman–Crippen MR) is 145 cm³/mol. The molecule has 2 fully saturated rings. The third kappa shape index (κ3) is 4.57. The van der Waals surface area contributed by atoms with Gasteiger partial charge in [-0.25, -0.2) is 0 Å². The molecule has 6 heteroatoms. The molecule has 0 saturated carbocycles. The highest BCUT2D eigenvalue weighted by Gasteiger charge is 2.43. The summed E-state index contributed by atoms with van der Waals surface area (Å²) in [5, 5.41) is 5.26. The van der Waals surface area contributed by atoms with Gasteiger partial charge in [0.25, 0.3) is 0 Å². The summed E-state index contributed by atoms with van der Waals surface area (Å²) in [4.78, 5) is 16.6. The van der Waals surface area contributed by atoms with E-state index in [2.05, 4.69) is 46.0 Å². The van der Waals surface area contributed by atoms with Crippen LogP contribution in [0.4, 0.5) is 0 Å². The molecular weight excluding hydrogens is 470 g/mol. The molecule has 190 valence electrons. The van der Waals surface area contributed by atoms with Gasteiger partial charge in [-0.3, -0.25) is 9.69 Å². The van der Waals surface area contributed by atoms with Gasteiger partial charge in [-0.05, 0) is 94.0 Å². The number of Topliss-reactive ketones (excluding diaryl/α,β-unsaturated/α-hetero) is 1. The summed E-state index contributed by atoms with van der Waals surface area (Å²) in [6.45, 7) is 7.33. The summed E-state index contributed by atoms with van der Waals surface area (Å²) < 4.78 is 9.14. The highest BCUT2D eigenvalue weighted by molar-refractivity contribution is 6.30. The maximum atomic E-state index is 14.2. The molecule has 0 unspecified atom stereocenters. The summed E-state index contributed by atoms with van der Waals surface area (Å²) in [6, 6.07) is 16.0. The van der Waals surface area contributed by atoms with Gasteiger partial charge in [-0.1, -0.05) is 36.7 Å². The lowest BCUT2D eigenvalue weighted by atomic mass is 9.85. The molecule has 2 aliphatic heterocycles. The number of hydrogen-bond acceptors (Lipinski definition) is 4. The van der Waals surface area contributed by atoms with Crippen molar-refractivity contribution in [2.24, 2.45) is 11.8 Å². The fraction of sp³-hybridized carbons (Fsp3) is 0.500. The standard InChI is InChI=1S/C30H36ClN3O2/c1-20-12-16-33(17-13-20)26-18-27(36-23-8-6-22(31)7-9-23)29-28(30(26)35)24-4-2-3-5-25(24)34(29)19-21-10-14-32-15-11-21/h2-9,20-21,26-27,32H,10-19H2,1H3/t26-,27-/m1/s1. The number of halogens is 1. The van der Waals surface area contributed by atoms with Crippen LogP contribution >= 0.6 is 11.6 Å². The van der Waals surface area contributed by atoms with Crippen LogP contribution in [-0.2, 0) is 6.54 Å². The molecule has 1 N–H and O–H groups in total. The van der Waals surface area contributed by atoms with E-state index in [4.69, 9.17) is 16.3 Å². The number of piperidine rings is 2. The molecule has 5 nitrogen and oxygen atoms in total. The van der Waals surface area contributed by atoms with Crippen molar-refractivity contribution in [1.82, 2.24) is 14.8 Å². The zero-order valence-electron chi connectivity index (χ0n) is 21.1. The van der Waals surface area contributed by atoms with E-state index in [1.807, 2.05) is 24.3 Å². The number of para-hydroxylation sites is 1.